The maximum Gasteiger partial charge on any atom is 0.324 e. The number of phenols is 1. The summed E-state index contributed by atoms with van der Waals surface area (Å²) in [4.78, 5) is 17.0. The number of carbonyl (C=O) groups is 1. The number of phenolic OH excluding ortho intramolecular Hbond substituents is 1. The number of nitrogen functional groups attached to an aromatic ring is 1. The molecule has 34 heavy (non-hydrogen) atoms. The normalized spacial score (nSPS) is 20.5. The van der Waals surface area contributed by atoms with Crippen LogP contribution in [0.25, 0.3) is 0 Å². The lowest BCUT2D eigenvalue weighted by molar-refractivity contribution is 0.154. The molecule has 0 radical (unpaired) electrons. The standard InChI is InChI=1S/C24H31N5O4S/c1-17-14-27(24(31)29(15-17)20-5-2-4-19(12-20)23(25)26)16-18-8-10-28(11-9-18)34(32,33)22-7-3-6-21(30)13-22/h2-7,12-13,17-18,30H,8-11,14-16H2,1H3,(H3,25,26). The number of anilines is 1. The molecule has 2 aliphatic rings. The minimum atomic E-state index is -3.66. The van der Waals surface area contributed by atoms with E-state index in [1.165, 1.54) is 28.6 Å². The van der Waals surface area contributed by atoms with Crippen LogP contribution < -0.4 is 10.6 Å². The lowest BCUT2D eigenvalue weighted by atomic mass is 9.96. The van der Waals surface area contributed by atoms with Crippen LogP contribution in [0.2, 0.25) is 0 Å². The van der Waals surface area contributed by atoms with Crippen LogP contribution in [-0.4, -0.2) is 67.3 Å². The Bertz CT molecular complexity index is 1180. The maximum atomic E-state index is 13.3. The summed E-state index contributed by atoms with van der Waals surface area (Å²) in [5, 5.41) is 17.3. The molecule has 0 bridgehead atoms. The van der Waals surface area contributed by atoms with E-state index in [1.54, 1.807) is 23.1 Å². The van der Waals surface area contributed by atoms with Gasteiger partial charge in [-0.2, -0.15) is 4.31 Å². The first kappa shape index (κ1) is 24.0. The number of nitrogens with one attached hydrogen (secondary N) is 1. The fraction of sp³-hybridized carbons (Fsp3) is 0.417. The van der Waals surface area contributed by atoms with Crippen molar-refractivity contribution in [1.29, 1.82) is 5.41 Å². The fourth-order valence-corrected chi connectivity index (χ4v) is 6.23. The van der Waals surface area contributed by atoms with Crippen molar-refractivity contribution in [3.8, 4) is 5.75 Å². The molecule has 4 N–H and O–H groups in total. The molecule has 2 aromatic rings. The highest BCUT2D eigenvalue weighted by Gasteiger charge is 2.35. The number of nitrogens with two attached hydrogens (primary N) is 1. The number of piperidine rings is 1. The number of benzene rings is 2. The van der Waals surface area contributed by atoms with Crippen LogP contribution >= 0.6 is 0 Å². The lowest BCUT2D eigenvalue weighted by Crippen LogP contribution is -2.55. The van der Waals surface area contributed by atoms with Crippen LogP contribution in [0.3, 0.4) is 0 Å². The highest BCUT2D eigenvalue weighted by Crippen LogP contribution is 2.29. The number of aromatic hydroxyl groups is 1. The Morgan fingerprint density at radius 3 is 2.50 bits per heavy atom. The SMILES string of the molecule is CC1CN(CC2CCN(S(=O)(=O)c3cccc(O)c3)CC2)C(=O)N(c2cccc(C(=N)N)c2)C1. The van der Waals surface area contributed by atoms with Crippen molar-refractivity contribution < 1.29 is 18.3 Å². The second-order valence-electron chi connectivity index (χ2n) is 9.21. The highest BCUT2D eigenvalue weighted by molar-refractivity contribution is 7.89. The number of sulfonamides is 1. The summed E-state index contributed by atoms with van der Waals surface area (Å²) >= 11 is 0. The molecule has 1 unspecified atom stereocenters. The van der Waals surface area contributed by atoms with Crippen molar-refractivity contribution in [3.05, 3.63) is 54.1 Å². The molecule has 9 nitrogen and oxygen atoms in total. The summed E-state index contributed by atoms with van der Waals surface area (Å²) in [6, 6.07) is 12.8. The van der Waals surface area contributed by atoms with Gasteiger partial charge in [0.1, 0.15) is 11.6 Å². The smallest absolute Gasteiger partial charge is 0.324 e. The molecule has 0 spiro atoms. The minimum absolute atomic E-state index is 0.0383. The predicted molar refractivity (Wildman–Crippen MR) is 131 cm³/mol. The van der Waals surface area contributed by atoms with Crippen LogP contribution in [0.1, 0.15) is 25.3 Å². The monoisotopic (exact) mass is 485 g/mol. The first-order valence-corrected chi connectivity index (χ1v) is 12.9. The van der Waals surface area contributed by atoms with E-state index in [-0.39, 0.29) is 34.3 Å². The van der Waals surface area contributed by atoms with Gasteiger partial charge in [0.15, 0.2) is 0 Å². The number of hydrogen-bond donors (Lipinski definition) is 3. The number of hydrogen-bond acceptors (Lipinski definition) is 5. The molecule has 0 aliphatic carbocycles. The van der Waals surface area contributed by atoms with E-state index in [9.17, 15) is 18.3 Å². The molecular weight excluding hydrogens is 454 g/mol. The molecule has 2 aromatic carbocycles. The molecule has 2 aliphatic heterocycles. The Hall–Kier alpha value is -3.11. The van der Waals surface area contributed by atoms with E-state index in [1.807, 2.05) is 11.0 Å². The molecule has 2 amide bonds. The summed E-state index contributed by atoms with van der Waals surface area (Å²) in [5.74, 6) is 0.357. The number of amides is 2. The molecule has 2 fully saturated rings. The van der Waals surface area contributed by atoms with Gasteiger partial charge in [-0.3, -0.25) is 10.3 Å². The van der Waals surface area contributed by atoms with Crippen molar-refractivity contribution in [1.82, 2.24) is 9.21 Å². The first-order chi connectivity index (χ1) is 16.1. The topological polar surface area (TPSA) is 131 Å². The van der Waals surface area contributed by atoms with Gasteiger partial charge >= 0.3 is 6.03 Å². The average Bonchev–Trinajstić information content (AvgIpc) is 2.81. The van der Waals surface area contributed by atoms with Crippen molar-refractivity contribution >= 4 is 27.6 Å². The molecule has 2 saturated heterocycles. The van der Waals surface area contributed by atoms with Crippen LogP contribution in [0, 0.1) is 17.2 Å². The lowest BCUT2D eigenvalue weighted by Gasteiger charge is -2.41. The highest BCUT2D eigenvalue weighted by atomic mass is 32.2. The zero-order chi connectivity index (χ0) is 24.5. The van der Waals surface area contributed by atoms with Crippen molar-refractivity contribution in [2.75, 3.05) is 37.6 Å². The molecule has 0 saturated carbocycles. The van der Waals surface area contributed by atoms with Crippen LogP contribution in [0.4, 0.5) is 10.5 Å². The van der Waals surface area contributed by atoms with Crippen LogP contribution in [-0.2, 0) is 10.0 Å². The predicted octanol–water partition coefficient (Wildman–Crippen LogP) is 2.66. The number of carbonyl (C=O) groups excluding carboxylic acids is 1. The van der Waals surface area contributed by atoms with Crippen LogP contribution in [0.5, 0.6) is 5.75 Å². The van der Waals surface area contributed by atoms with Crippen molar-refractivity contribution in [2.24, 2.45) is 17.6 Å². The third-order valence-electron chi connectivity index (χ3n) is 6.50. The van der Waals surface area contributed by atoms with Gasteiger partial charge in [0.05, 0.1) is 4.90 Å². The Balaban J connectivity index is 1.41. The Morgan fingerprint density at radius 1 is 1.12 bits per heavy atom. The summed E-state index contributed by atoms with van der Waals surface area (Å²) in [7, 11) is -3.66. The molecule has 4 rings (SSSR count). The number of urea groups is 1. The van der Waals surface area contributed by atoms with E-state index in [0.29, 0.717) is 51.1 Å². The maximum absolute atomic E-state index is 13.3. The molecule has 0 aromatic heterocycles. The third-order valence-corrected chi connectivity index (χ3v) is 8.40. The Morgan fingerprint density at radius 2 is 1.82 bits per heavy atom. The largest absolute Gasteiger partial charge is 0.508 e. The first-order valence-electron chi connectivity index (χ1n) is 11.4. The van der Waals surface area contributed by atoms with E-state index >= 15 is 0 Å². The van der Waals surface area contributed by atoms with Gasteiger partial charge in [-0.25, -0.2) is 13.2 Å². The average molecular weight is 486 g/mol. The third kappa shape index (κ3) is 5.02. The summed E-state index contributed by atoms with van der Waals surface area (Å²) in [5.41, 5.74) is 6.92. The Labute approximate surface area is 200 Å². The minimum Gasteiger partial charge on any atom is -0.508 e. The van der Waals surface area contributed by atoms with E-state index in [2.05, 4.69) is 6.92 Å². The molecule has 10 heteroatoms. The number of nitrogens with zero attached hydrogens (tertiary/aromatic N) is 3. The van der Waals surface area contributed by atoms with Gasteiger partial charge in [0, 0.05) is 44.0 Å². The zero-order valence-corrected chi connectivity index (χ0v) is 20.0. The van der Waals surface area contributed by atoms with Gasteiger partial charge in [-0.1, -0.05) is 25.1 Å². The molecule has 1 atom stereocenters. The summed E-state index contributed by atoms with van der Waals surface area (Å²) < 4.78 is 27.3. The van der Waals surface area contributed by atoms with E-state index < -0.39 is 10.0 Å². The zero-order valence-electron chi connectivity index (χ0n) is 19.2. The molecular formula is C24H31N5O4S. The number of amidine groups is 1. The second-order valence-corrected chi connectivity index (χ2v) is 11.2. The van der Waals surface area contributed by atoms with Gasteiger partial charge in [-0.05, 0) is 55.0 Å². The summed E-state index contributed by atoms with van der Waals surface area (Å²) in [6.45, 7) is 4.69. The van der Waals surface area contributed by atoms with E-state index in [0.717, 1.165) is 5.69 Å². The van der Waals surface area contributed by atoms with Gasteiger partial charge in [0.25, 0.3) is 0 Å². The fourth-order valence-electron chi connectivity index (χ4n) is 4.72. The van der Waals surface area contributed by atoms with Gasteiger partial charge < -0.3 is 15.7 Å². The van der Waals surface area contributed by atoms with Gasteiger partial charge in [-0.15, -0.1) is 0 Å². The quantitative estimate of drug-likeness (QED) is 0.428. The van der Waals surface area contributed by atoms with E-state index in [4.69, 9.17) is 11.1 Å². The van der Waals surface area contributed by atoms with Crippen molar-refractivity contribution in [3.63, 3.8) is 0 Å². The molecule has 2 heterocycles. The van der Waals surface area contributed by atoms with Crippen LogP contribution in [0.15, 0.2) is 53.4 Å². The molecule has 182 valence electrons. The van der Waals surface area contributed by atoms with Gasteiger partial charge in [0.2, 0.25) is 10.0 Å². The van der Waals surface area contributed by atoms with Crippen molar-refractivity contribution in [2.45, 2.75) is 24.7 Å². The summed E-state index contributed by atoms with van der Waals surface area (Å²) in [6.07, 6.45) is 1.33. The Kier molecular flexibility index (Phi) is 6.81. The second kappa shape index (κ2) is 9.63. The number of rotatable bonds is 6.